The van der Waals surface area contributed by atoms with Crippen molar-refractivity contribution in [1.82, 2.24) is 9.88 Å². The summed E-state index contributed by atoms with van der Waals surface area (Å²) < 4.78 is 0. The topological polar surface area (TPSA) is 39.6 Å². The molecule has 106 valence electrons. The standard InChI is InChI=1S/C15H25N3O/c1-5-15(19)13-7-6-12(8-16-13)18-9-11(2)14(10-18)17(3)4/h6-8,11,14-15,19H,5,9-10H2,1-4H3/t11?,14?,15-/m0/s1. The Morgan fingerprint density at radius 2 is 2.16 bits per heavy atom. The zero-order chi connectivity index (χ0) is 14.0. The number of anilines is 1. The van der Waals surface area contributed by atoms with Gasteiger partial charge in [0.1, 0.15) is 0 Å². The molecule has 0 spiro atoms. The maximum atomic E-state index is 9.76. The van der Waals surface area contributed by atoms with E-state index in [2.05, 4.69) is 41.9 Å². The molecule has 0 bridgehead atoms. The minimum atomic E-state index is -0.443. The molecule has 4 nitrogen and oxygen atoms in total. The SMILES string of the molecule is CC[C@H](O)c1ccc(N2CC(C)C(N(C)C)C2)cn1. The van der Waals surface area contributed by atoms with Crippen molar-refractivity contribution in [2.45, 2.75) is 32.4 Å². The van der Waals surface area contributed by atoms with Crippen LogP contribution in [0.25, 0.3) is 0 Å². The van der Waals surface area contributed by atoms with Crippen LogP contribution in [0.2, 0.25) is 0 Å². The van der Waals surface area contributed by atoms with Gasteiger partial charge in [-0.2, -0.15) is 0 Å². The van der Waals surface area contributed by atoms with E-state index in [9.17, 15) is 5.11 Å². The number of likely N-dealkylation sites (N-methyl/N-ethyl adjacent to an activating group) is 1. The monoisotopic (exact) mass is 263 g/mol. The van der Waals surface area contributed by atoms with Crippen molar-refractivity contribution < 1.29 is 5.11 Å². The van der Waals surface area contributed by atoms with Gasteiger partial charge in [0.05, 0.1) is 23.7 Å². The predicted octanol–water partition coefficient (Wildman–Crippen LogP) is 1.91. The predicted molar refractivity (Wildman–Crippen MR) is 78.3 cm³/mol. The van der Waals surface area contributed by atoms with E-state index in [1.54, 1.807) is 0 Å². The first-order valence-corrected chi connectivity index (χ1v) is 7.08. The van der Waals surface area contributed by atoms with Crippen LogP contribution >= 0.6 is 0 Å². The molecule has 0 radical (unpaired) electrons. The Labute approximate surface area is 116 Å². The van der Waals surface area contributed by atoms with E-state index in [4.69, 9.17) is 0 Å². The van der Waals surface area contributed by atoms with E-state index in [0.717, 1.165) is 24.5 Å². The first-order chi connectivity index (χ1) is 9.02. The van der Waals surface area contributed by atoms with Gasteiger partial charge in [0.2, 0.25) is 0 Å². The van der Waals surface area contributed by atoms with Crippen molar-refractivity contribution >= 4 is 5.69 Å². The Morgan fingerprint density at radius 1 is 1.42 bits per heavy atom. The molecule has 2 heterocycles. The third-order valence-electron chi connectivity index (χ3n) is 4.10. The Morgan fingerprint density at radius 3 is 2.63 bits per heavy atom. The molecule has 1 fully saturated rings. The normalized spacial score (nSPS) is 25.1. The molecule has 1 aliphatic heterocycles. The molecule has 1 N–H and O–H groups in total. The van der Waals surface area contributed by atoms with E-state index in [0.29, 0.717) is 18.4 Å². The maximum Gasteiger partial charge on any atom is 0.0957 e. The summed E-state index contributed by atoms with van der Waals surface area (Å²) in [6, 6.07) is 4.62. The number of rotatable bonds is 4. The fourth-order valence-electron chi connectivity index (χ4n) is 2.82. The summed E-state index contributed by atoms with van der Waals surface area (Å²) in [5, 5.41) is 9.76. The van der Waals surface area contributed by atoms with Gasteiger partial charge in [0.25, 0.3) is 0 Å². The Kier molecular flexibility index (Phi) is 4.42. The van der Waals surface area contributed by atoms with Crippen molar-refractivity contribution in [3.63, 3.8) is 0 Å². The zero-order valence-electron chi connectivity index (χ0n) is 12.4. The van der Waals surface area contributed by atoms with E-state index in [1.807, 2.05) is 19.2 Å². The second-order valence-corrected chi connectivity index (χ2v) is 5.78. The van der Waals surface area contributed by atoms with E-state index in [1.165, 1.54) is 0 Å². The van der Waals surface area contributed by atoms with Crippen LogP contribution in [-0.4, -0.2) is 48.2 Å². The highest BCUT2D eigenvalue weighted by Gasteiger charge is 2.31. The van der Waals surface area contributed by atoms with Crippen LogP contribution in [-0.2, 0) is 0 Å². The largest absolute Gasteiger partial charge is 0.387 e. The minimum Gasteiger partial charge on any atom is -0.387 e. The molecule has 0 aliphatic carbocycles. The van der Waals surface area contributed by atoms with Gasteiger partial charge in [0, 0.05) is 19.1 Å². The molecule has 2 rings (SSSR count). The molecule has 1 aromatic heterocycles. The highest BCUT2D eigenvalue weighted by molar-refractivity contribution is 5.46. The van der Waals surface area contributed by atoms with E-state index in [-0.39, 0.29) is 0 Å². The number of aromatic nitrogens is 1. The number of pyridine rings is 1. The quantitative estimate of drug-likeness (QED) is 0.901. The van der Waals surface area contributed by atoms with Crippen LogP contribution in [0.5, 0.6) is 0 Å². The molecule has 0 aromatic carbocycles. The lowest BCUT2D eigenvalue weighted by molar-refractivity contribution is 0.169. The molecule has 1 aliphatic rings. The fraction of sp³-hybridized carbons (Fsp3) is 0.667. The Balaban J connectivity index is 2.07. The molecule has 19 heavy (non-hydrogen) atoms. The molecule has 1 saturated heterocycles. The van der Waals surface area contributed by atoms with Gasteiger partial charge in [-0.25, -0.2) is 0 Å². The number of hydrogen-bond acceptors (Lipinski definition) is 4. The van der Waals surface area contributed by atoms with Crippen LogP contribution in [0.4, 0.5) is 5.69 Å². The van der Waals surface area contributed by atoms with Gasteiger partial charge < -0.3 is 14.9 Å². The highest BCUT2D eigenvalue weighted by Crippen LogP contribution is 2.26. The van der Waals surface area contributed by atoms with Crippen molar-refractivity contribution in [3.8, 4) is 0 Å². The minimum absolute atomic E-state index is 0.443. The third kappa shape index (κ3) is 3.07. The summed E-state index contributed by atoms with van der Waals surface area (Å²) >= 11 is 0. The number of aliphatic hydroxyl groups excluding tert-OH is 1. The summed E-state index contributed by atoms with van der Waals surface area (Å²) in [5.41, 5.74) is 1.92. The molecular formula is C15H25N3O. The summed E-state index contributed by atoms with van der Waals surface area (Å²) in [7, 11) is 4.28. The molecule has 3 atom stereocenters. The second-order valence-electron chi connectivity index (χ2n) is 5.78. The van der Waals surface area contributed by atoms with Gasteiger partial charge in [-0.3, -0.25) is 4.98 Å². The lowest BCUT2D eigenvalue weighted by Gasteiger charge is -2.23. The molecule has 0 saturated carbocycles. The van der Waals surface area contributed by atoms with Crippen molar-refractivity contribution in [2.75, 3.05) is 32.1 Å². The third-order valence-corrected chi connectivity index (χ3v) is 4.10. The smallest absolute Gasteiger partial charge is 0.0957 e. The lowest BCUT2D eigenvalue weighted by atomic mass is 10.1. The zero-order valence-corrected chi connectivity index (χ0v) is 12.4. The summed E-state index contributed by atoms with van der Waals surface area (Å²) in [4.78, 5) is 9.06. The Hall–Kier alpha value is -1.13. The summed E-state index contributed by atoms with van der Waals surface area (Å²) in [6.45, 7) is 6.38. The van der Waals surface area contributed by atoms with Crippen LogP contribution < -0.4 is 4.90 Å². The first kappa shape index (κ1) is 14.3. The second kappa shape index (κ2) is 5.88. The maximum absolute atomic E-state index is 9.76. The van der Waals surface area contributed by atoms with Crippen LogP contribution in [0.15, 0.2) is 18.3 Å². The molecule has 0 amide bonds. The number of nitrogens with zero attached hydrogens (tertiary/aromatic N) is 3. The van der Waals surface area contributed by atoms with E-state index < -0.39 is 6.10 Å². The van der Waals surface area contributed by atoms with Crippen molar-refractivity contribution in [1.29, 1.82) is 0 Å². The average molecular weight is 263 g/mol. The molecular weight excluding hydrogens is 238 g/mol. The van der Waals surface area contributed by atoms with E-state index >= 15 is 0 Å². The Bertz CT molecular complexity index is 404. The average Bonchev–Trinajstić information content (AvgIpc) is 2.80. The summed E-state index contributed by atoms with van der Waals surface area (Å²) in [6.07, 6.45) is 2.15. The van der Waals surface area contributed by atoms with Gasteiger partial charge in [-0.05, 0) is 38.6 Å². The van der Waals surface area contributed by atoms with Crippen LogP contribution in [0, 0.1) is 5.92 Å². The fourth-order valence-corrected chi connectivity index (χ4v) is 2.82. The number of aliphatic hydroxyl groups is 1. The van der Waals surface area contributed by atoms with Crippen LogP contribution in [0.1, 0.15) is 32.1 Å². The molecule has 2 unspecified atom stereocenters. The lowest BCUT2D eigenvalue weighted by Crippen LogP contribution is -2.34. The van der Waals surface area contributed by atoms with Crippen LogP contribution in [0.3, 0.4) is 0 Å². The van der Waals surface area contributed by atoms with Gasteiger partial charge in [-0.1, -0.05) is 13.8 Å². The number of hydrogen-bond donors (Lipinski definition) is 1. The van der Waals surface area contributed by atoms with Gasteiger partial charge in [0.15, 0.2) is 0 Å². The van der Waals surface area contributed by atoms with Gasteiger partial charge >= 0.3 is 0 Å². The molecule has 1 aromatic rings. The first-order valence-electron chi connectivity index (χ1n) is 7.08. The van der Waals surface area contributed by atoms with Crippen molar-refractivity contribution in [3.05, 3.63) is 24.0 Å². The van der Waals surface area contributed by atoms with Crippen molar-refractivity contribution in [2.24, 2.45) is 5.92 Å². The molecule has 4 heteroatoms. The highest BCUT2D eigenvalue weighted by atomic mass is 16.3. The summed E-state index contributed by atoms with van der Waals surface area (Å²) in [5.74, 6) is 0.663. The van der Waals surface area contributed by atoms with Gasteiger partial charge in [-0.15, -0.1) is 0 Å².